The predicted molar refractivity (Wildman–Crippen MR) is 96.7 cm³/mol. The van der Waals surface area contributed by atoms with Crippen molar-refractivity contribution >= 4 is 28.9 Å². The van der Waals surface area contributed by atoms with Gasteiger partial charge in [0.15, 0.2) is 0 Å². The van der Waals surface area contributed by atoms with Crippen molar-refractivity contribution < 1.29 is 9.90 Å². The van der Waals surface area contributed by atoms with Gasteiger partial charge in [-0.3, -0.25) is 4.79 Å². The predicted octanol–water partition coefficient (Wildman–Crippen LogP) is 3.03. The van der Waals surface area contributed by atoms with E-state index in [2.05, 4.69) is 10.2 Å². The Morgan fingerprint density at radius 1 is 1.17 bits per heavy atom. The first kappa shape index (κ1) is 16.5. The number of amides is 1. The van der Waals surface area contributed by atoms with E-state index in [1.807, 2.05) is 24.3 Å². The third-order valence-corrected chi connectivity index (χ3v) is 4.57. The lowest BCUT2D eigenvalue weighted by Crippen LogP contribution is -2.44. The van der Waals surface area contributed by atoms with Gasteiger partial charge in [-0.25, -0.2) is 0 Å². The Morgan fingerprint density at radius 2 is 1.83 bits per heavy atom. The number of hydrogen-bond donors (Lipinski definition) is 3. The molecule has 0 unspecified atom stereocenters. The average molecular weight is 346 g/mol. The minimum absolute atomic E-state index is 0.0693. The van der Waals surface area contributed by atoms with Crippen LogP contribution >= 0.6 is 11.6 Å². The maximum absolute atomic E-state index is 12.3. The molecule has 2 aromatic rings. The van der Waals surface area contributed by atoms with E-state index in [1.54, 1.807) is 6.07 Å². The number of aromatic hydroxyl groups is 1. The van der Waals surface area contributed by atoms with E-state index in [0.717, 1.165) is 36.6 Å². The highest BCUT2D eigenvalue weighted by atomic mass is 35.5. The topological polar surface area (TPSA) is 78.6 Å². The average Bonchev–Trinajstić information content (AvgIpc) is 2.59. The second-order valence-corrected chi connectivity index (χ2v) is 6.42. The molecule has 1 saturated heterocycles. The van der Waals surface area contributed by atoms with Gasteiger partial charge in [-0.15, -0.1) is 0 Å². The maximum atomic E-state index is 12.3. The Morgan fingerprint density at radius 3 is 2.46 bits per heavy atom. The van der Waals surface area contributed by atoms with Gasteiger partial charge >= 0.3 is 0 Å². The number of benzene rings is 2. The van der Waals surface area contributed by atoms with E-state index in [1.165, 1.54) is 12.1 Å². The van der Waals surface area contributed by atoms with Crippen LogP contribution in [-0.2, 0) is 0 Å². The zero-order valence-electron chi connectivity index (χ0n) is 13.2. The fourth-order valence-corrected chi connectivity index (χ4v) is 3.01. The summed E-state index contributed by atoms with van der Waals surface area (Å²) in [5, 5.41) is 13.4. The van der Waals surface area contributed by atoms with Crippen LogP contribution in [0.25, 0.3) is 0 Å². The summed E-state index contributed by atoms with van der Waals surface area (Å²) in [4.78, 5) is 14.6. The normalized spacial score (nSPS) is 15.3. The zero-order valence-corrected chi connectivity index (χ0v) is 14.0. The second kappa shape index (κ2) is 7.01. The molecule has 0 spiro atoms. The molecule has 0 radical (unpaired) electrons. The number of carbonyl (C=O) groups excluding carboxylic acids is 1. The molecule has 0 saturated carbocycles. The monoisotopic (exact) mass is 345 g/mol. The van der Waals surface area contributed by atoms with Crippen LogP contribution in [-0.4, -0.2) is 30.1 Å². The smallest absolute Gasteiger partial charge is 0.251 e. The van der Waals surface area contributed by atoms with Crippen LogP contribution in [0, 0.1) is 0 Å². The molecule has 0 atom stereocenters. The van der Waals surface area contributed by atoms with Crippen molar-refractivity contribution in [1.82, 2.24) is 5.32 Å². The van der Waals surface area contributed by atoms with E-state index in [9.17, 15) is 9.90 Å². The molecular weight excluding hydrogens is 326 g/mol. The number of halogens is 1. The summed E-state index contributed by atoms with van der Waals surface area (Å²) in [5.74, 6) is -0.254. The fourth-order valence-electron chi connectivity index (χ4n) is 2.89. The summed E-state index contributed by atoms with van der Waals surface area (Å²) >= 11 is 5.92. The van der Waals surface area contributed by atoms with Gasteiger partial charge in [-0.05, 0) is 55.3 Å². The number of rotatable bonds is 3. The zero-order chi connectivity index (χ0) is 17.1. The van der Waals surface area contributed by atoms with Crippen molar-refractivity contribution in [2.24, 2.45) is 0 Å². The third kappa shape index (κ3) is 3.74. The number of nitrogens with one attached hydrogen (secondary N) is 1. The van der Waals surface area contributed by atoms with Gasteiger partial charge in [-0.1, -0.05) is 11.6 Å². The fraction of sp³-hybridized carbons (Fsp3) is 0.278. The number of piperidine rings is 1. The summed E-state index contributed by atoms with van der Waals surface area (Å²) in [7, 11) is 0. The Bertz CT molecular complexity index is 726. The van der Waals surface area contributed by atoms with Crippen molar-refractivity contribution in [2.75, 3.05) is 23.7 Å². The van der Waals surface area contributed by atoms with Crippen molar-refractivity contribution in [1.29, 1.82) is 0 Å². The van der Waals surface area contributed by atoms with Gasteiger partial charge in [0.1, 0.15) is 5.75 Å². The lowest BCUT2D eigenvalue weighted by Gasteiger charge is -2.34. The molecule has 0 aromatic heterocycles. The first-order chi connectivity index (χ1) is 11.5. The largest absolute Gasteiger partial charge is 0.506 e. The molecule has 1 aliphatic rings. The molecule has 6 heteroatoms. The van der Waals surface area contributed by atoms with Crippen LogP contribution < -0.4 is 16.0 Å². The summed E-state index contributed by atoms with van der Waals surface area (Å²) < 4.78 is 0. The van der Waals surface area contributed by atoms with Crippen LogP contribution in [0.2, 0.25) is 5.02 Å². The molecule has 5 nitrogen and oxygen atoms in total. The second-order valence-electron chi connectivity index (χ2n) is 5.98. The first-order valence-electron chi connectivity index (χ1n) is 7.93. The molecule has 24 heavy (non-hydrogen) atoms. The van der Waals surface area contributed by atoms with Gasteiger partial charge in [0, 0.05) is 35.4 Å². The van der Waals surface area contributed by atoms with Crippen LogP contribution in [0.3, 0.4) is 0 Å². The van der Waals surface area contributed by atoms with Crippen molar-refractivity contribution in [3.8, 4) is 5.75 Å². The molecule has 0 bridgehead atoms. The standard InChI is InChI=1S/C18H20ClN3O2/c19-13-2-4-15(5-3-13)22-9-7-14(8-10-22)21-18(24)12-1-6-16(20)17(23)11-12/h1-6,11,14,23H,7-10,20H2,(H,21,24). The minimum Gasteiger partial charge on any atom is -0.506 e. The van der Waals surface area contributed by atoms with Gasteiger partial charge in [-0.2, -0.15) is 0 Å². The molecule has 2 aromatic carbocycles. The Balaban J connectivity index is 1.56. The number of nitrogens with two attached hydrogens (primary N) is 1. The molecule has 1 aliphatic heterocycles. The van der Waals surface area contributed by atoms with E-state index < -0.39 is 0 Å². The quantitative estimate of drug-likeness (QED) is 0.590. The van der Waals surface area contributed by atoms with Crippen molar-refractivity contribution in [3.05, 3.63) is 53.1 Å². The number of carbonyl (C=O) groups is 1. The van der Waals surface area contributed by atoms with Gasteiger partial charge in [0.05, 0.1) is 5.69 Å². The van der Waals surface area contributed by atoms with Crippen LogP contribution in [0.5, 0.6) is 5.75 Å². The number of hydrogen-bond acceptors (Lipinski definition) is 4. The number of phenolic OH excluding ortho intramolecular Hbond substituents is 1. The number of nitrogens with zero attached hydrogens (tertiary/aromatic N) is 1. The number of anilines is 2. The highest BCUT2D eigenvalue weighted by molar-refractivity contribution is 6.30. The highest BCUT2D eigenvalue weighted by Gasteiger charge is 2.21. The third-order valence-electron chi connectivity index (χ3n) is 4.31. The van der Waals surface area contributed by atoms with E-state index >= 15 is 0 Å². The summed E-state index contributed by atoms with van der Waals surface area (Å²) in [6.07, 6.45) is 1.74. The van der Waals surface area contributed by atoms with E-state index in [4.69, 9.17) is 17.3 Å². The van der Waals surface area contributed by atoms with Gasteiger partial charge in [0.25, 0.3) is 5.91 Å². The van der Waals surface area contributed by atoms with Crippen LogP contribution in [0.15, 0.2) is 42.5 Å². The minimum atomic E-state index is -0.185. The van der Waals surface area contributed by atoms with Gasteiger partial charge in [0.2, 0.25) is 0 Å². The number of nitrogen functional groups attached to an aromatic ring is 1. The molecule has 3 rings (SSSR count). The van der Waals surface area contributed by atoms with Crippen LogP contribution in [0.4, 0.5) is 11.4 Å². The Labute approximate surface area is 146 Å². The van der Waals surface area contributed by atoms with Crippen molar-refractivity contribution in [3.63, 3.8) is 0 Å². The molecule has 1 fully saturated rings. The van der Waals surface area contributed by atoms with E-state index in [-0.39, 0.29) is 23.4 Å². The molecule has 0 aliphatic carbocycles. The summed E-state index contributed by atoms with van der Waals surface area (Å²) in [6.45, 7) is 1.75. The number of phenols is 1. The van der Waals surface area contributed by atoms with Crippen molar-refractivity contribution in [2.45, 2.75) is 18.9 Å². The SMILES string of the molecule is Nc1ccc(C(=O)NC2CCN(c3ccc(Cl)cc3)CC2)cc1O. The van der Waals surface area contributed by atoms with Crippen LogP contribution in [0.1, 0.15) is 23.2 Å². The lowest BCUT2D eigenvalue weighted by atomic mass is 10.0. The Kier molecular flexibility index (Phi) is 4.81. The summed E-state index contributed by atoms with van der Waals surface area (Å²) in [6, 6.07) is 12.5. The maximum Gasteiger partial charge on any atom is 0.251 e. The lowest BCUT2D eigenvalue weighted by molar-refractivity contribution is 0.0931. The Hall–Kier alpha value is -2.40. The molecule has 1 amide bonds. The molecule has 1 heterocycles. The summed E-state index contributed by atoms with van der Waals surface area (Å²) in [5.41, 5.74) is 7.39. The first-order valence-corrected chi connectivity index (χ1v) is 8.30. The molecule has 4 N–H and O–H groups in total. The highest BCUT2D eigenvalue weighted by Crippen LogP contribution is 2.23. The van der Waals surface area contributed by atoms with E-state index in [0.29, 0.717) is 5.56 Å². The van der Waals surface area contributed by atoms with Gasteiger partial charge < -0.3 is 21.1 Å². The molecular formula is C18H20ClN3O2. The molecule has 126 valence electrons.